The van der Waals surface area contributed by atoms with E-state index in [1.54, 1.807) is 38.3 Å². The lowest BCUT2D eigenvalue weighted by Crippen LogP contribution is -2.30. The number of rotatable bonds is 5. The van der Waals surface area contributed by atoms with Crippen molar-refractivity contribution in [2.75, 3.05) is 12.4 Å². The lowest BCUT2D eigenvalue weighted by molar-refractivity contribution is -0.122. The summed E-state index contributed by atoms with van der Waals surface area (Å²) >= 11 is 0. The molecule has 1 unspecified atom stereocenters. The van der Waals surface area contributed by atoms with Gasteiger partial charge in [0.15, 0.2) is 11.9 Å². The second-order valence-corrected chi connectivity index (χ2v) is 4.75. The maximum absolute atomic E-state index is 12.1. The van der Waals surface area contributed by atoms with E-state index in [-0.39, 0.29) is 5.91 Å². The quantitative estimate of drug-likeness (QED) is 0.886. The number of hydrogen-bond acceptors (Lipinski definition) is 4. The molecular weight excluding hydrogens is 270 g/mol. The molecule has 0 fully saturated rings. The van der Waals surface area contributed by atoms with Gasteiger partial charge in [0.1, 0.15) is 11.5 Å². The highest BCUT2D eigenvalue weighted by atomic mass is 16.5. The van der Waals surface area contributed by atoms with Crippen LogP contribution in [0.1, 0.15) is 18.2 Å². The van der Waals surface area contributed by atoms with Crippen molar-refractivity contribution in [3.05, 3.63) is 35.5 Å². The molecule has 0 radical (unpaired) electrons. The summed E-state index contributed by atoms with van der Waals surface area (Å²) in [5.41, 5.74) is 1.84. The number of ether oxygens (including phenoxy) is 2. The largest absolute Gasteiger partial charge is 0.497 e. The molecule has 21 heavy (non-hydrogen) atoms. The third-order valence-corrected chi connectivity index (χ3v) is 3.24. The van der Waals surface area contributed by atoms with E-state index in [1.165, 1.54) is 0 Å². The number of benzene rings is 1. The number of methoxy groups -OCH3 is 1. The highest BCUT2D eigenvalue weighted by Crippen LogP contribution is 2.19. The van der Waals surface area contributed by atoms with Gasteiger partial charge < -0.3 is 14.8 Å². The van der Waals surface area contributed by atoms with Crippen molar-refractivity contribution in [1.82, 2.24) is 10.2 Å². The van der Waals surface area contributed by atoms with Crippen molar-refractivity contribution in [2.45, 2.75) is 26.9 Å². The SMILES string of the molecule is COc1ccc(OC(C)C(=O)Nc2n[nH]c(C)c2C)cc1. The third-order valence-electron chi connectivity index (χ3n) is 3.24. The number of nitrogens with one attached hydrogen (secondary N) is 2. The molecule has 0 aliphatic carbocycles. The molecule has 0 spiro atoms. The molecule has 2 N–H and O–H groups in total. The number of aromatic amines is 1. The predicted octanol–water partition coefficient (Wildman–Crippen LogP) is 2.44. The van der Waals surface area contributed by atoms with E-state index in [2.05, 4.69) is 15.5 Å². The van der Waals surface area contributed by atoms with Crippen LogP contribution >= 0.6 is 0 Å². The van der Waals surface area contributed by atoms with Gasteiger partial charge in [-0.3, -0.25) is 9.89 Å². The highest BCUT2D eigenvalue weighted by molar-refractivity contribution is 5.93. The van der Waals surface area contributed by atoms with Gasteiger partial charge in [0.05, 0.1) is 7.11 Å². The maximum Gasteiger partial charge on any atom is 0.266 e. The number of aryl methyl sites for hydroxylation is 1. The molecule has 0 saturated carbocycles. The van der Waals surface area contributed by atoms with Gasteiger partial charge in [-0.2, -0.15) is 5.10 Å². The first kappa shape index (κ1) is 14.9. The Labute approximate surface area is 123 Å². The smallest absolute Gasteiger partial charge is 0.266 e. The summed E-state index contributed by atoms with van der Waals surface area (Å²) in [5, 5.41) is 9.61. The minimum absolute atomic E-state index is 0.250. The van der Waals surface area contributed by atoms with Crippen LogP contribution in [0.4, 0.5) is 5.82 Å². The molecule has 0 aliphatic heterocycles. The zero-order chi connectivity index (χ0) is 15.4. The summed E-state index contributed by atoms with van der Waals surface area (Å²) in [6, 6.07) is 7.07. The van der Waals surface area contributed by atoms with Gasteiger partial charge in [-0.05, 0) is 45.0 Å². The normalized spacial score (nSPS) is 11.8. The van der Waals surface area contributed by atoms with Crippen molar-refractivity contribution in [3.63, 3.8) is 0 Å². The summed E-state index contributed by atoms with van der Waals surface area (Å²) in [6.45, 7) is 5.48. The fourth-order valence-corrected chi connectivity index (χ4v) is 1.74. The van der Waals surface area contributed by atoms with Gasteiger partial charge in [-0.15, -0.1) is 0 Å². The summed E-state index contributed by atoms with van der Waals surface area (Å²) in [7, 11) is 1.60. The van der Waals surface area contributed by atoms with Gasteiger partial charge in [0.2, 0.25) is 0 Å². The van der Waals surface area contributed by atoms with Crippen molar-refractivity contribution in [1.29, 1.82) is 0 Å². The fraction of sp³-hybridized carbons (Fsp3) is 0.333. The number of nitrogens with zero attached hydrogens (tertiary/aromatic N) is 1. The lowest BCUT2D eigenvalue weighted by atomic mass is 10.2. The van der Waals surface area contributed by atoms with Crippen LogP contribution in [0.3, 0.4) is 0 Å². The average Bonchev–Trinajstić information content (AvgIpc) is 2.80. The monoisotopic (exact) mass is 289 g/mol. The highest BCUT2D eigenvalue weighted by Gasteiger charge is 2.17. The molecule has 1 heterocycles. The van der Waals surface area contributed by atoms with Crippen LogP contribution in [-0.2, 0) is 4.79 Å². The second kappa shape index (κ2) is 6.30. The molecule has 2 rings (SSSR count). The van der Waals surface area contributed by atoms with Gasteiger partial charge in [-0.1, -0.05) is 0 Å². The summed E-state index contributed by atoms with van der Waals surface area (Å²) in [4.78, 5) is 12.1. The van der Waals surface area contributed by atoms with E-state index < -0.39 is 6.10 Å². The fourth-order valence-electron chi connectivity index (χ4n) is 1.74. The number of anilines is 1. The summed E-state index contributed by atoms with van der Waals surface area (Å²) in [5.74, 6) is 1.62. The Morgan fingerprint density at radius 3 is 2.38 bits per heavy atom. The maximum atomic E-state index is 12.1. The Balaban J connectivity index is 1.97. The van der Waals surface area contributed by atoms with Crippen LogP contribution < -0.4 is 14.8 Å². The van der Waals surface area contributed by atoms with E-state index in [4.69, 9.17) is 9.47 Å². The molecule has 1 atom stereocenters. The van der Waals surface area contributed by atoms with E-state index in [0.29, 0.717) is 11.6 Å². The molecule has 0 saturated heterocycles. The molecule has 2 aromatic rings. The molecule has 0 bridgehead atoms. The van der Waals surface area contributed by atoms with Gasteiger partial charge in [0.25, 0.3) is 5.91 Å². The molecule has 6 heteroatoms. The number of aromatic nitrogens is 2. The van der Waals surface area contributed by atoms with Gasteiger partial charge in [0, 0.05) is 11.3 Å². The molecule has 6 nitrogen and oxygen atoms in total. The molecular formula is C15H19N3O3. The Morgan fingerprint density at radius 2 is 1.86 bits per heavy atom. The molecule has 1 aromatic carbocycles. The molecule has 112 valence electrons. The van der Waals surface area contributed by atoms with Crippen molar-refractivity contribution >= 4 is 11.7 Å². The summed E-state index contributed by atoms with van der Waals surface area (Å²) < 4.78 is 10.7. The standard InChI is InChI=1S/C15H19N3O3/c1-9-10(2)17-18-14(9)16-15(19)11(3)21-13-7-5-12(20-4)6-8-13/h5-8,11H,1-4H3,(H2,16,17,18,19). The Hall–Kier alpha value is -2.50. The minimum atomic E-state index is -0.630. The van der Waals surface area contributed by atoms with Crippen LogP contribution in [0.2, 0.25) is 0 Å². The Bertz CT molecular complexity index is 620. The zero-order valence-corrected chi connectivity index (χ0v) is 12.6. The average molecular weight is 289 g/mol. The first-order valence-electron chi connectivity index (χ1n) is 6.64. The van der Waals surface area contributed by atoms with Crippen LogP contribution in [0.5, 0.6) is 11.5 Å². The van der Waals surface area contributed by atoms with Gasteiger partial charge >= 0.3 is 0 Å². The molecule has 1 amide bonds. The zero-order valence-electron chi connectivity index (χ0n) is 12.6. The van der Waals surface area contributed by atoms with Crippen molar-refractivity contribution in [3.8, 4) is 11.5 Å². The van der Waals surface area contributed by atoms with E-state index in [0.717, 1.165) is 17.0 Å². The first-order chi connectivity index (χ1) is 10.0. The molecule has 1 aromatic heterocycles. The summed E-state index contributed by atoms with van der Waals surface area (Å²) in [6.07, 6.45) is -0.630. The van der Waals surface area contributed by atoms with E-state index >= 15 is 0 Å². The van der Waals surface area contributed by atoms with Crippen LogP contribution in [0, 0.1) is 13.8 Å². The Kier molecular flexibility index (Phi) is 4.47. The predicted molar refractivity (Wildman–Crippen MR) is 79.8 cm³/mol. The van der Waals surface area contributed by atoms with Crippen molar-refractivity contribution < 1.29 is 14.3 Å². The Morgan fingerprint density at radius 1 is 1.24 bits per heavy atom. The van der Waals surface area contributed by atoms with E-state index in [9.17, 15) is 4.79 Å². The van der Waals surface area contributed by atoms with Crippen molar-refractivity contribution in [2.24, 2.45) is 0 Å². The third kappa shape index (κ3) is 3.53. The van der Waals surface area contributed by atoms with E-state index in [1.807, 2.05) is 13.8 Å². The number of H-pyrrole nitrogens is 1. The second-order valence-electron chi connectivity index (χ2n) is 4.75. The number of hydrogen-bond donors (Lipinski definition) is 2. The number of amides is 1. The number of carbonyl (C=O) groups excluding carboxylic acids is 1. The van der Waals surface area contributed by atoms with Crippen LogP contribution in [0.15, 0.2) is 24.3 Å². The van der Waals surface area contributed by atoms with Crippen LogP contribution in [0.25, 0.3) is 0 Å². The minimum Gasteiger partial charge on any atom is -0.497 e. The first-order valence-corrected chi connectivity index (χ1v) is 6.64. The van der Waals surface area contributed by atoms with Crippen LogP contribution in [-0.4, -0.2) is 29.3 Å². The van der Waals surface area contributed by atoms with Gasteiger partial charge in [-0.25, -0.2) is 0 Å². The number of carbonyl (C=O) groups is 1. The lowest BCUT2D eigenvalue weighted by Gasteiger charge is -2.14. The molecule has 0 aliphatic rings. The topological polar surface area (TPSA) is 76.2 Å².